The Kier molecular flexibility index (Phi) is 3.48. The summed E-state index contributed by atoms with van der Waals surface area (Å²) in [4.78, 5) is 25.6. The van der Waals surface area contributed by atoms with Crippen molar-refractivity contribution in [3.63, 3.8) is 0 Å². The maximum atomic E-state index is 12.6. The van der Waals surface area contributed by atoms with Gasteiger partial charge < -0.3 is 15.4 Å². The smallest absolute Gasteiger partial charge is 0.251 e. The van der Waals surface area contributed by atoms with Crippen LogP contribution in [-0.2, 0) is 11.2 Å². The Morgan fingerprint density at radius 1 is 1.25 bits per heavy atom. The van der Waals surface area contributed by atoms with E-state index in [1.54, 1.807) is 10.9 Å². The second-order valence-corrected chi connectivity index (χ2v) is 6.29. The van der Waals surface area contributed by atoms with Gasteiger partial charge in [0.15, 0.2) is 0 Å². The van der Waals surface area contributed by atoms with Crippen molar-refractivity contribution in [1.82, 2.24) is 14.7 Å². The number of para-hydroxylation sites is 1. The molecule has 1 saturated heterocycles. The van der Waals surface area contributed by atoms with Gasteiger partial charge in [-0.25, -0.2) is 0 Å². The minimum atomic E-state index is -0.494. The lowest BCUT2D eigenvalue weighted by Crippen LogP contribution is -2.54. The van der Waals surface area contributed by atoms with Gasteiger partial charge in [-0.2, -0.15) is 5.10 Å². The first-order valence-electron chi connectivity index (χ1n) is 7.95. The number of carbonyl (C=O) groups excluding carboxylic acids is 2. The fraction of sp³-hybridized carbons (Fsp3) is 0.353. The molecule has 1 fully saturated rings. The predicted octanol–water partition coefficient (Wildman–Crippen LogP) is 0.617. The third-order valence-electron chi connectivity index (χ3n) is 4.66. The Hall–Kier alpha value is -2.83. The summed E-state index contributed by atoms with van der Waals surface area (Å²) in [5.74, 6) is 0.354. The van der Waals surface area contributed by atoms with Gasteiger partial charge in [-0.05, 0) is 18.1 Å². The van der Waals surface area contributed by atoms with Crippen molar-refractivity contribution in [2.24, 2.45) is 11.7 Å². The van der Waals surface area contributed by atoms with Crippen LogP contribution in [0.1, 0.15) is 22.0 Å². The molecule has 2 aliphatic rings. The number of hydrogen-bond acceptors (Lipinski definition) is 4. The van der Waals surface area contributed by atoms with Crippen molar-refractivity contribution in [1.29, 1.82) is 0 Å². The van der Waals surface area contributed by atoms with Crippen LogP contribution in [0.3, 0.4) is 0 Å². The maximum absolute atomic E-state index is 12.6. The van der Waals surface area contributed by atoms with Gasteiger partial charge in [0.2, 0.25) is 5.91 Å². The van der Waals surface area contributed by atoms with Crippen LogP contribution in [0.5, 0.6) is 5.75 Å². The zero-order valence-electron chi connectivity index (χ0n) is 13.1. The Labute approximate surface area is 139 Å². The lowest BCUT2D eigenvalue weighted by molar-refractivity contribution is -0.143. The average Bonchev–Trinajstić information content (AvgIpc) is 3.03. The fourth-order valence-electron chi connectivity index (χ4n) is 3.21. The molecule has 3 heterocycles. The number of benzene rings is 1. The highest BCUT2D eigenvalue weighted by atomic mass is 16.5. The van der Waals surface area contributed by atoms with E-state index in [9.17, 15) is 9.59 Å². The number of primary amides is 1. The van der Waals surface area contributed by atoms with Gasteiger partial charge in [0.25, 0.3) is 5.91 Å². The van der Waals surface area contributed by atoms with Crippen molar-refractivity contribution in [2.45, 2.75) is 12.5 Å². The van der Waals surface area contributed by atoms with E-state index < -0.39 is 5.91 Å². The number of fused-ring (bicyclic) bond motifs is 1. The van der Waals surface area contributed by atoms with Crippen LogP contribution in [-0.4, -0.2) is 46.2 Å². The van der Waals surface area contributed by atoms with Crippen LogP contribution >= 0.6 is 0 Å². The van der Waals surface area contributed by atoms with E-state index in [1.807, 2.05) is 29.2 Å². The Morgan fingerprint density at radius 2 is 2.04 bits per heavy atom. The van der Waals surface area contributed by atoms with Crippen LogP contribution in [0.2, 0.25) is 0 Å². The number of nitrogens with two attached hydrogens (primary N) is 1. The summed E-state index contributed by atoms with van der Waals surface area (Å²) < 4.78 is 7.41. The molecule has 2 aliphatic heterocycles. The molecule has 0 aliphatic carbocycles. The lowest BCUT2D eigenvalue weighted by Gasteiger charge is -2.41. The van der Waals surface area contributed by atoms with Gasteiger partial charge in [-0.3, -0.25) is 14.3 Å². The third-order valence-corrected chi connectivity index (χ3v) is 4.66. The molecular formula is C17H18N4O3. The van der Waals surface area contributed by atoms with E-state index in [4.69, 9.17) is 10.5 Å². The number of carbonyl (C=O) groups is 2. The molecule has 24 heavy (non-hydrogen) atoms. The van der Waals surface area contributed by atoms with E-state index >= 15 is 0 Å². The summed E-state index contributed by atoms with van der Waals surface area (Å²) in [6.45, 7) is 1.61. The van der Waals surface area contributed by atoms with Gasteiger partial charge in [0, 0.05) is 19.3 Å². The Morgan fingerprint density at radius 3 is 2.79 bits per heavy atom. The minimum Gasteiger partial charge on any atom is -0.492 e. The van der Waals surface area contributed by atoms with Gasteiger partial charge >= 0.3 is 0 Å². The molecule has 0 radical (unpaired) electrons. The number of rotatable bonds is 3. The molecule has 2 N–H and O–H groups in total. The number of hydrogen-bond donors (Lipinski definition) is 1. The van der Waals surface area contributed by atoms with Crippen LogP contribution < -0.4 is 10.5 Å². The van der Waals surface area contributed by atoms with Crippen LogP contribution in [0.4, 0.5) is 0 Å². The quantitative estimate of drug-likeness (QED) is 0.895. The Bertz CT molecular complexity index is 795. The van der Waals surface area contributed by atoms with Crippen molar-refractivity contribution in [3.05, 3.63) is 47.8 Å². The summed E-state index contributed by atoms with van der Waals surface area (Å²) in [5.41, 5.74) is 6.70. The molecule has 1 atom stereocenters. The normalized spacial score (nSPS) is 20.0. The molecule has 7 nitrogen and oxygen atoms in total. The maximum Gasteiger partial charge on any atom is 0.251 e. The average molecular weight is 326 g/mol. The molecule has 4 rings (SSSR count). The van der Waals surface area contributed by atoms with E-state index in [0.29, 0.717) is 31.7 Å². The second-order valence-electron chi connectivity index (χ2n) is 6.29. The molecule has 1 unspecified atom stereocenters. The first kappa shape index (κ1) is 14.7. The molecule has 124 valence electrons. The van der Waals surface area contributed by atoms with E-state index in [0.717, 1.165) is 11.3 Å². The predicted molar refractivity (Wildman–Crippen MR) is 85.5 cm³/mol. The number of likely N-dealkylation sites (tertiary alicyclic amines) is 1. The molecule has 0 saturated carbocycles. The van der Waals surface area contributed by atoms with Gasteiger partial charge in [-0.15, -0.1) is 0 Å². The molecule has 7 heteroatoms. The molecule has 2 amide bonds. The van der Waals surface area contributed by atoms with Crippen molar-refractivity contribution in [2.75, 3.05) is 19.7 Å². The molecule has 1 aromatic heterocycles. The molecule has 2 aromatic rings. The highest BCUT2D eigenvalue weighted by molar-refractivity contribution is 5.92. The van der Waals surface area contributed by atoms with Gasteiger partial charge in [0.05, 0.1) is 23.7 Å². The molecule has 0 bridgehead atoms. The van der Waals surface area contributed by atoms with E-state index in [-0.39, 0.29) is 17.9 Å². The highest BCUT2D eigenvalue weighted by Crippen LogP contribution is 2.30. The SMILES string of the molecule is NC(=O)c1cnn(C2CN(C(=O)C3COc4ccccc4C3)C2)c1. The molecule has 1 aromatic carbocycles. The second kappa shape index (κ2) is 5.67. The highest BCUT2D eigenvalue weighted by Gasteiger charge is 2.37. The number of ether oxygens (including phenoxy) is 1. The lowest BCUT2D eigenvalue weighted by atomic mass is 9.94. The first-order valence-corrected chi connectivity index (χ1v) is 7.95. The van der Waals surface area contributed by atoms with E-state index in [2.05, 4.69) is 5.10 Å². The fourth-order valence-corrected chi connectivity index (χ4v) is 3.21. The van der Waals surface area contributed by atoms with Crippen molar-refractivity contribution < 1.29 is 14.3 Å². The number of nitrogens with zero attached hydrogens (tertiary/aromatic N) is 3. The molecular weight excluding hydrogens is 308 g/mol. The van der Waals surface area contributed by atoms with Gasteiger partial charge in [0.1, 0.15) is 12.4 Å². The van der Waals surface area contributed by atoms with Gasteiger partial charge in [-0.1, -0.05) is 18.2 Å². The largest absolute Gasteiger partial charge is 0.492 e. The van der Waals surface area contributed by atoms with Crippen LogP contribution in [0.25, 0.3) is 0 Å². The topological polar surface area (TPSA) is 90.5 Å². The molecule has 0 spiro atoms. The van der Waals surface area contributed by atoms with Crippen LogP contribution in [0.15, 0.2) is 36.7 Å². The summed E-state index contributed by atoms with van der Waals surface area (Å²) in [7, 11) is 0. The van der Waals surface area contributed by atoms with Crippen molar-refractivity contribution in [3.8, 4) is 5.75 Å². The zero-order valence-corrected chi connectivity index (χ0v) is 13.1. The first-order chi connectivity index (χ1) is 11.6. The minimum absolute atomic E-state index is 0.0962. The number of amides is 2. The van der Waals surface area contributed by atoms with Crippen molar-refractivity contribution >= 4 is 11.8 Å². The number of aromatic nitrogens is 2. The summed E-state index contributed by atoms with van der Waals surface area (Å²) in [6.07, 6.45) is 3.80. The third kappa shape index (κ3) is 2.51. The Balaban J connectivity index is 1.37. The summed E-state index contributed by atoms with van der Waals surface area (Å²) in [6, 6.07) is 7.93. The standard InChI is InChI=1S/C17H18N4O3/c18-16(22)13-6-19-21(7-13)14-8-20(9-14)17(23)12-5-11-3-1-2-4-15(11)24-10-12/h1-4,6-7,12,14H,5,8-10H2,(H2,18,22). The monoisotopic (exact) mass is 326 g/mol. The summed E-state index contributed by atoms with van der Waals surface area (Å²) in [5, 5.41) is 4.15. The van der Waals surface area contributed by atoms with E-state index in [1.165, 1.54) is 6.20 Å². The van der Waals surface area contributed by atoms with Crippen LogP contribution in [0, 0.1) is 5.92 Å². The summed E-state index contributed by atoms with van der Waals surface area (Å²) >= 11 is 0. The zero-order chi connectivity index (χ0) is 16.7.